The highest BCUT2D eigenvalue weighted by atomic mass is 16.5. The summed E-state index contributed by atoms with van der Waals surface area (Å²) < 4.78 is 5.77. The molecule has 2 rings (SSSR count). The highest BCUT2D eigenvalue weighted by molar-refractivity contribution is 5.17. The van der Waals surface area contributed by atoms with E-state index in [0.717, 1.165) is 19.3 Å². The minimum atomic E-state index is 0.0361. The van der Waals surface area contributed by atoms with E-state index in [1.807, 2.05) is 18.2 Å². The Labute approximate surface area is 84.5 Å². The third-order valence-corrected chi connectivity index (χ3v) is 2.72. The molecule has 1 saturated heterocycles. The summed E-state index contributed by atoms with van der Waals surface area (Å²) in [6.07, 6.45) is 3.42. The fraction of sp³-hybridized carbons (Fsp3) is 0.500. The number of ether oxygens (including phenoxy) is 1. The van der Waals surface area contributed by atoms with Crippen LogP contribution in [0.3, 0.4) is 0 Å². The SMILES string of the molecule is OCC1CCCC(c2ccccc2)O1. The number of hydrogen-bond acceptors (Lipinski definition) is 2. The van der Waals surface area contributed by atoms with E-state index in [4.69, 9.17) is 9.84 Å². The van der Waals surface area contributed by atoms with Crippen LogP contribution in [0.5, 0.6) is 0 Å². The average Bonchev–Trinajstić information content (AvgIpc) is 2.30. The quantitative estimate of drug-likeness (QED) is 0.779. The number of rotatable bonds is 2. The van der Waals surface area contributed by atoms with Gasteiger partial charge in [0.25, 0.3) is 0 Å². The molecule has 1 aliphatic rings. The summed E-state index contributed by atoms with van der Waals surface area (Å²) in [6.45, 7) is 0.142. The van der Waals surface area contributed by atoms with Gasteiger partial charge in [0.1, 0.15) is 0 Å². The average molecular weight is 192 g/mol. The summed E-state index contributed by atoms with van der Waals surface area (Å²) >= 11 is 0. The maximum atomic E-state index is 9.03. The molecule has 76 valence electrons. The Morgan fingerprint density at radius 3 is 2.71 bits per heavy atom. The van der Waals surface area contributed by atoms with Crippen molar-refractivity contribution in [2.75, 3.05) is 6.61 Å². The minimum Gasteiger partial charge on any atom is -0.394 e. The Morgan fingerprint density at radius 1 is 1.21 bits per heavy atom. The van der Waals surface area contributed by atoms with Crippen LogP contribution in [0.2, 0.25) is 0 Å². The van der Waals surface area contributed by atoms with Gasteiger partial charge in [-0.25, -0.2) is 0 Å². The smallest absolute Gasteiger partial charge is 0.0829 e. The molecule has 0 aliphatic carbocycles. The third kappa shape index (κ3) is 2.14. The molecule has 2 atom stereocenters. The summed E-state index contributed by atoms with van der Waals surface area (Å²) in [4.78, 5) is 0. The summed E-state index contributed by atoms with van der Waals surface area (Å²) in [5.74, 6) is 0. The fourth-order valence-corrected chi connectivity index (χ4v) is 1.95. The van der Waals surface area contributed by atoms with E-state index in [2.05, 4.69) is 12.1 Å². The van der Waals surface area contributed by atoms with Crippen LogP contribution in [0.15, 0.2) is 30.3 Å². The highest BCUT2D eigenvalue weighted by Gasteiger charge is 2.22. The number of hydrogen-bond donors (Lipinski definition) is 1. The van der Waals surface area contributed by atoms with Gasteiger partial charge in [0.2, 0.25) is 0 Å². The Hall–Kier alpha value is -0.860. The predicted octanol–water partition coefficient (Wildman–Crippen LogP) is 2.29. The molecule has 0 amide bonds. The van der Waals surface area contributed by atoms with Gasteiger partial charge in [-0.05, 0) is 24.8 Å². The molecule has 1 aliphatic heterocycles. The van der Waals surface area contributed by atoms with E-state index in [1.54, 1.807) is 0 Å². The Balaban J connectivity index is 2.04. The first-order valence-electron chi connectivity index (χ1n) is 5.21. The molecule has 1 heterocycles. The number of aliphatic hydroxyl groups is 1. The molecular weight excluding hydrogens is 176 g/mol. The minimum absolute atomic E-state index is 0.0361. The van der Waals surface area contributed by atoms with E-state index in [1.165, 1.54) is 5.56 Å². The predicted molar refractivity (Wildman–Crippen MR) is 55.0 cm³/mol. The second-order valence-electron chi connectivity index (χ2n) is 3.77. The molecular formula is C12H16O2. The van der Waals surface area contributed by atoms with Crippen LogP contribution in [-0.4, -0.2) is 17.8 Å². The molecule has 1 N–H and O–H groups in total. The van der Waals surface area contributed by atoms with Gasteiger partial charge in [-0.15, -0.1) is 0 Å². The number of aliphatic hydroxyl groups excluding tert-OH is 1. The van der Waals surface area contributed by atoms with E-state index in [-0.39, 0.29) is 18.8 Å². The van der Waals surface area contributed by atoms with Crippen molar-refractivity contribution in [3.05, 3.63) is 35.9 Å². The van der Waals surface area contributed by atoms with Crippen LogP contribution in [0.1, 0.15) is 30.9 Å². The second-order valence-corrected chi connectivity index (χ2v) is 3.77. The molecule has 1 fully saturated rings. The lowest BCUT2D eigenvalue weighted by atomic mass is 9.99. The van der Waals surface area contributed by atoms with Crippen LogP contribution in [0.25, 0.3) is 0 Å². The third-order valence-electron chi connectivity index (χ3n) is 2.72. The van der Waals surface area contributed by atoms with Crippen LogP contribution < -0.4 is 0 Å². The molecule has 2 nitrogen and oxygen atoms in total. The zero-order valence-corrected chi connectivity index (χ0v) is 8.23. The van der Waals surface area contributed by atoms with E-state index in [9.17, 15) is 0 Å². The standard InChI is InChI=1S/C12H16O2/c13-9-11-7-4-8-12(14-11)10-5-2-1-3-6-10/h1-3,5-6,11-13H,4,7-9H2. The van der Waals surface area contributed by atoms with Gasteiger partial charge in [-0.2, -0.15) is 0 Å². The molecule has 2 heteroatoms. The zero-order chi connectivity index (χ0) is 9.80. The first-order chi connectivity index (χ1) is 6.90. The molecule has 0 bridgehead atoms. The van der Waals surface area contributed by atoms with Crippen molar-refractivity contribution >= 4 is 0 Å². The van der Waals surface area contributed by atoms with Gasteiger partial charge in [0.15, 0.2) is 0 Å². The lowest BCUT2D eigenvalue weighted by Gasteiger charge is -2.29. The Morgan fingerprint density at radius 2 is 2.00 bits per heavy atom. The fourth-order valence-electron chi connectivity index (χ4n) is 1.95. The van der Waals surface area contributed by atoms with Gasteiger partial charge in [0.05, 0.1) is 18.8 Å². The summed E-state index contributed by atoms with van der Waals surface area (Å²) in [6, 6.07) is 10.2. The Bertz CT molecular complexity index is 271. The maximum absolute atomic E-state index is 9.03. The van der Waals surface area contributed by atoms with Crippen LogP contribution in [-0.2, 0) is 4.74 Å². The van der Waals surface area contributed by atoms with Crippen LogP contribution in [0, 0.1) is 0 Å². The van der Waals surface area contributed by atoms with E-state index in [0.29, 0.717) is 0 Å². The van der Waals surface area contributed by atoms with Gasteiger partial charge in [-0.1, -0.05) is 30.3 Å². The zero-order valence-electron chi connectivity index (χ0n) is 8.23. The highest BCUT2D eigenvalue weighted by Crippen LogP contribution is 2.30. The molecule has 0 radical (unpaired) electrons. The molecule has 0 spiro atoms. The van der Waals surface area contributed by atoms with E-state index >= 15 is 0 Å². The van der Waals surface area contributed by atoms with Gasteiger partial charge in [0, 0.05) is 0 Å². The lowest BCUT2D eigenvalue weighted by molar-refractivity contribution is -0.0736. The van der Waals surface area contributed by atoms with Crippen molar-refractivity contribution in [1.82, 2.24) is 0 Å². The van der Waals surface area contributed by atoms with Crippen molar-refractivity contribution in [3.63, 3.8) is 0 Å². The summed E-state index contributed by atoms with van der Waals surface area (Å²) in [7, 11) is 0. The van der Waals surface area contributed by atoms with E-state index < -0.39 is 0 Å². The van der Waals surface area contributed by atoms with Crippen molar-refractivity contribution in [3.8, 4) is 0 Å². The van der Waals surface area contributed by atoms with Crippen LogP contribution >= 0.6 is 0 Å². The largest absolute Gasteiger partial charge is 0.394 e. The first-order valence-corrected chi connectivity index (χ1v) is 5.21. The van der Waals surface area contributed by atoms with Crippen LogP contribution in [0.4, 0.5) is 0 Å². The normalized spacial score (nSPS) is 27.5. The molecule has 0 saturated carbocycles. The van der Waals surface area contributed by atoms with Crippen molar-refractivity contribution in [2.24, 2.45) is 0 Å². The number of benzene rings is 1. The maximum Gasteiger partial charge on any atom is 0.0829 e. The van der Waals surface area contributed by atoms with Gasteiger partial charge >= 0.3 is 0 Å². The molecule has 1 aromatic carbocycles. The lowest BCUT2D eigenvalue weighted by Crippen LogP contribution is -2.25. The molecule has 0 aromatic heterocycles. The van der Waals surface area contributed by atoms with Crippen molar-refractivity contribution < 1.29 is 9.84 Å². The molecule has 2 unspecified atom stereocenters. The van der Waals surface area contributed by atoms with Gasteiger partial charge < -0.3 is 9.84 Å². The topological polar surface area (TPSA) is 29.5 Å². The summed E-state index contributed by atoms with van der Waals surface area (Å²) in [5.41, 5.74) is 1.23. The molecule has 14 heavy (non-hydrogen) atoms. The van der Waals surface area contributed by atoms with Crippen molar-refractivity contribution in [1.29, 1.82) is 0 Å². The van der Waals surface area contributed by atoms with Gasteiger partial charge in [-0.3, -0.25) is 0 Å². The summed E-state index contributed by atoms with van der Waals surface area (Å²) in [5, 5.41) is 9.03. The monoisotopic (exact) mass is 192 g/mol. The molecule has 1 aromatic rings. The Kier molecular flexibility index (Phi) is 3.17. The first kappa shape index (κ1) is 9.69. The van der Waals surface area contributed by atoms with Crippen molar-refractivity contribution in [2.45, 2.75) is 31.5 Å². The second kappa shape index (κ2) is 4.58.